The molecule has 0 saturated carbocycles. The number of nitrogens with one attached hydrogen (secondary N) is 1. The molecule has 13 heteroatoms. The summed E-state index contributed by atoms with van der Waals surface area (Å²) >= 11 is 6.69. The van der Waals surface area contributed by atoms with Crippen LogP contribution in [0.5, 0.6) is 17.6 Å². The maximum Gasteiger partial charge on any atom is 0.319 e. The highest BCUT2D eigenvalue weighted by Crippen LogP contribution is 2.40. The summed E-state index contributed by atoms with van der Waals surface area (Å²) in [6, 6.07) is 5.49. The lowest BCUT2D eigenvalue weighted by Crippen LogP contribution is -2.29. The van der Waals surface area contributed by atoms with Crippen molar-refractivity contribution in [1.82, 2.24) is 30.4 Å². The Kier molecular flexibility index (Phi) is 8.25. The average Bonchev–Trinajstić information content (AvgIpc) is 3.54. The van der Waals surface area contributed by atoms with E-state index in [9.17, 15) is 5.11 Å². The second-order valence-electron chi connectivity index (χ2n) is 9.71. The Morgan fingerprint density at radius 3 is 2.59 bits per heavy atom. The van der Waals surface area contributed by atoms with Crippen LogP contribution in [0.25, 0.3) is 22.6 Å². The lowest BCUT2D eigenvalue weighted by molar-refractivity contribution is 0.108. The van der Waals surface area contributed by atoms with E-state index in [0.717, 1.165) is 22.4 Å². The molecule has 1 aliphatic heterocycles. The first-order chi connectivity index (χ1) is 19.7. The van der Waals surface area contributed by atoms with Crippen LogP contribution in [0.3, 0.4) is 0 Å². The molecule has 1 atom stereocenters. The van der Waals surface area contributed by atoms with Crippen molar-refractivity contribution < 1.29 is 23.8 Å². The number of aliphatic hydroxyl groups excluding tert-OH is 1. The Morgan fingerprint density at radius 1 is 1.10 bits per heavy atom. The number of hydrogen-bond acceptors (Lipinski definition) is 12. The summed E-state index contributed by atoms with van der Waals surface area (Å²) in [4.78, 5) is 21.0. The van der Waals surface area contributed by atoms with Crippen LogP contribution in [0, 0.1) is 20.8 Å². The normalized spacial score (nSPS) is 13.3. The van der Waals surface area contributed by atoms with Crippen molar-refractivity contribution in [2.24, 2.45) is 0 Å². The first-order valence-electron chi connectivity index (χ1n) is 13.0. The first kappa shape index (κ1) is 28.5. The molecule has 5 rings (SSSR count). The summed E-state index contributed by atoms with van der Waals surface area (Å²) in [6.07, 6.45) is -0.664. The van der Waals surface area contributed by atoms with E-state index in [2.05, 4.69) is 25.3 Å². The number of anilines is 1. The van der Waals surface area contributed by atoms with E-state index < -0.39 is 6.10 Å². The van der Waals surface area contributed by atoms with Crippen LogP contribution in [-0.2, 0) is 13.1 Å². The third-order valence-corrected chi connectivity index (χ3v) is 7.18. The van der Waals surface area contributed by atoms with Gasteiger partial charge in [0.25, 0.3) is 0 Å². The summed E-state index contributed by atoms with van der Waals surface area (Å²) in [6.45, 7) is 7.16. The molecular formula is C28H32ClN7O5. The van der Waals surface area contributed by atoms with Gasteiger partial charge in [0.15, 0.2) is 5.82 Å². The van der Waals surface area contributed by atoms with Gasteiger partial charge in [0.1, 0.15) is 30.0 Å². The van der Waals surface area contributed by atoms with Crippen LogP contribution in [0.1, 0.15) is 28.3 Å². The number of aromatic nitrogens is 5. The van der Waals surface area contributed by atoms with E-state index in [4.69, 9.17) is 40.3 Å². The third-order valence-electron chi connectivity index (χ3n) is 6.85. The van der Waals surface area contributed by atoms with Crippen molar-refractivity contribution in [2.75, 3.05) is 39.3 Å². The molecule has 0 amide bonds. The first-order valence-corrected chi connectivity index (χ1v) is 13.4. The minimum atomic E-state index is -0.664. The van der Waals surface area contributed by atoms with Crippen molar-refractivity contribution >= 4 is 17.4 Å². The smallest absolute Gasteiger partial charge is 0.319 e. The molecule has 0 radical (unpaired) electrons. The zero-order valence-electron chi connectivity index (χ0n) is 23.8. The van der Waals surface area contributed by atoms with Gasteiger partial charge in [0.05, 0.1) is 60.5 Å². The topological polar surface area (TPSA) is 141 Å². The number of nitrogens with zero attached hydrogens (tertiary/aromatic N) is 6. The fourth-order valence-corrected chi connectivity index (χ4v) is 5.07. The van der Waals surface area contributed by atoms with Gasteiger partial charge in [-0.25, -0.2) is 9.97 Å². The van der Waals surface area contributed by atoms with Gasteiger partial charge in [0, 0.05) is 17.7 Å². The number of halogens is 1. The Balaban J connectivity index is 1.61. The second-order valence-corrected chi connectivity index (χ2v) is 10.1. The number of methoxy groups -OCH3 is 2. The Morgan fingerprint density at radius 2 is 1.90 bits per heavy atom. The standard InChI is InChI=1S/C28H32ClN7O5/c1-14-24(23-15(2)35-41-16(23)3)32-25(19-9-18(7-8-21(19)29)40-13-17(37)10-30-4)33-26(14)36-11-20-22(12-36)31-28(39-6)34-27(20)38-5/h7-9,17,30,37H,10-13H2,1-6H3/t17-/m1/s1. The molecule has 41 heavy (non-hydrogen) atoms. The predicted octanol–water partition coefficient (Wildman–Crippen LogP) is 3.66. The fraction of sp³-hybridized carbons (Fsp3) is 0.393. The van der Waals surface area contributed by atoms with E-state index in [1.165, 1.54) is 7.11 Å². The monoisotopic (exact) mass is 581 g/mol. The van der Waals surface area contributed by atoms with Crippen LogP contribution < -0.4 is 24.4 Å². The molecule has 3 aromatic heterocycles. The van der Waals surface area contributed by atoms with Crippen molar-refractivity contribution in [3.8, 4) is 40.3 Å². The van der Waals surface area contributed by atoms with Crippen molar-refractivity contribution in [3.63, 3.8) is 0 Å². The highest BCUT2D eigenvalue weighted by Gasteiger charge is 2.31. The van der Waals surface area contributed by atoms with Crippen LogP contribution in [-0.4, -0.2) is 70.7 Å². The van der Waals surface area contributed by atoms with Gasteiger partial charge in [-0.1, -0.05) is 16.8 Å². The number of fused-ring (bicyclic) bond motifs is 1. The van der Waals surface area contributed by atoms with Crippen molar-refractivity contribution in [2.45, 2.75) is 40.0 Å². The number of benzene rings is 1. The number of rotatable bonds is 10. The van der Waals surface area contributed by atoms with Gasteiger partial charge in [0.2, 0.25) is 5.88 Å². The minimum absolute atomic E-state index is 0.116. The lowest BCUT2D eigenvalue weighted by Gasteiger charge is -2.22. The van der Waals surface area contributed by atoms with E-state index in [1.54, 1.807) is 32.4 Å². The quantitative estimate of drug-likeness (QED) is 0.282. The molecule has 12 nitrogen and oxygen atoms in total. The minimum Gasteiger partial charge on any atom is -0.491 e. The molecule has 0 aliphatic carbocycles. The molecule has 0 unspecified atom stereocenters. The summed E-state index contributed by atoms with van der Waals surface area (Å²) in [5, 5.41) is 17.6. The van der Waals surface area contributed by atoms with Crippen LogP contribution in [0.2, 0.25) is 5.02 Å². The molecule has 1 aromatic carbocycles. The molecule has 0 spiro atoms. The Hall–Kier alpha value is -4.00. The molecular weight excluding hydrogens is 550 g/mol. The summed E-state index contributed by atoms with van der Waals surface area (Å²) in [7, 11) is 4.86. The summed E-state index contributed by atoms with van der Waals surface area (Å²) in [5.41, 5.74) is 5.26. The number of aryl methyl sites for hydroxylation is 2. The predicted molar refractivity (Wildman–Crippen MR) is 153 cm³/mol. The largest absolute Gasteiger partial charge is 0.491 e. The summed E-state index contributed by atoms with van der Waals surface area (Å²) < 4.78 is 22.2. The number of aliphatic hydroxyl groups is 1. The molecule has 0 bridgehead atoms. The molecule has 1 aliphatic rings. The molecule has 216 valence electrons. The van der Waals surface area contributed by atoms with Crippen LogP contribution >= 0.6 is 11.6 Å². The highest BCUT2D eigenvalue weighted by molar-refractivity contribution is 6.33. The van der Waals surface area contributed by atoms with Gasteiger partial charge in [-0.05, 0) is 46.0 Å². The Labute approximate surface area is 242 Å². The molecule has 2 N–H and O–H groups in total. The zero-order valence-corrected chi connectivity index (χ0v) is 24.5. The van der Waals surface area contributed by atoms with E-state index >= 15 is 0 Å². The second kappa shape index (κ2) is 11.9. The SMILES string of the molecule is CNC[C@@H](O)COc1ccc(Cl)c(-c2nc(-c3c(C)noc3C)c(C)c(N3Cc4nc(OC)nc(OC)c4C3)n2)c1. The summed E-state index contributed by atoms with van der Waals surface area (Å²) in [5.74, 6) is 2.73. The lowest BCUT2D eigenvalue weighted by atomic mass is 10.0. The van der Waals surface area contributed by atoms with Crippen LogP contribution in [0.15, 0.2) is 22.7 Å². The average molecular weight is 582 g/mol. The maximum absolute atomic E-state index is 10.1. The molecule has 4 heterocycles. The highest BCUT2D eigenvalue weighted by atomic mass is 35.5. The zero-order chi connectivity index (χ0) is 29.3. The molecule has 4 aromatic rings. The Bertz CT molecular complexity index is 1560. The van der Waals surface area contributed by atoms with E-state index in [1.807, 2.05) is 20.8 Å². The molecule has 0 fully saturated rings. The maximum atomic E-state index is 10.1. The van der Waals surface area contributed by atoms with Gasteiger partial charge < -0.3 is 34.1 Å². The van der Waals surface area contributed by atoms with Crippen LogP contribution in [0.4, 0.5) is 5.82 Å². The number of likely N-dealkylation sites (N-methyl/N-ethyl adjacent to an activating group) is 1. The molecule has 0 saturated heterocycles. The van der Waals surface area contributed by atoms with Gasteiger partial charge in [-0.3, -0.25) is 0 Å². The third kappa shape index (κ3) is 5.63. The number of hydrogen-bond donors (Lipinski definition) is 2. The van der Waals surface area contributed by atoms with E-state index in [0.29, 0.717) is 70.6 Å². The van der Waals surface area contributed by atoms with E-state index in [-0.39, 0.29) is 12.6 Å². The van der Waals surface area contributed by atoms with Gasteiger partial charge in [-0.2, -0.15) is 9.97 Å². The fourth-order valence-electron chi connectivity index (χ4n) is 4.86. The van der Waals surface area contributed by atoms with Crippen molar-refractivity contribution in [1.29, 1.82) is 0 Å². The van der Waals surface area contributed by atoms with Gasteiger partial charge in [-0.15, -0.1) is 0 Å². The van der Waals surface area contributed by atoms with Crippen molar-refractivity contribution in [3.05, 3.63) is 51.5 Å². The van der Waals surface area contributed by atoms with Gasteiger partial charge >= 0.3 is 6.01 Å². The number of ether oxygens (including phenoxy) is 3.